The second-order valence-electron chi connectivity index (χ2n) is 15.3. The van der Waals surface area contributed by atoms with Gasteiger partial charge in [-0.2, -0.15) is 0 Å². The van der Waals surface area contributed by atoms with Crippen LogP contribution < -0.4 is 15.4 Å². The van der Waals surface area contributed by atoms with E-state index in [1.807, 2.05) is 0 Å². The lowest BCUT2D eigenvalue weighted by molar-refractivity contribution is -0.220. The number of carbonyl (C=O) groups is 7. The highest BCUT2D eigenvalue weighted by Gasteiger charge is 2.59. The summed E-state index contributed by atoms with van der Waals surface area (Å²) >= 11 is 0.931. The van der Waals surface area contributed by atoms with Gasteiger partial charge in [-0.1, -0.05) is 54.4 Å². The van der Waals surface area contributed by atoms with Crippen molar-refractivity contribution in [2.75, 3.05) is 13.7 Å². The van der Waals surface area contributed by atoms with Crippen molar-refractivity contribution in [2.45, 2.75) is 133 Å². The van der Waals surface area contributed by atoms with Gasteiger partial charge in [-0.15, -0.1) is 5.10 Å². The van der Waals surface area contributed by atoms with E-state index in [0.717, 1.165) is 77.4 Å². The molecule has 2 amide bonds. The van der Waals surface area contributed by atoms with Gasteiger partial charge in [-0.05, 0) is 62.1 Å². The van der Waals surface area contributed by atoms with Crippen LogP contribution in [0.15, 0.2) is 53.6 Å². The van der Waals surface area contributed by atoms with Gasteiger partial charge < -0.3 is 39.1 Å². The molecule has 0 bridgehead atoms. The maximum atomic E-state index is 14.0. The molecule has 0 radical (unpaired) electrons. The lowest BCUT2D eigenvalue weighted by Gasteiger charge is -2.48. The molecule has 62 heavy (non-hydrogen) atoms. The highest BCUT2D eigenvalue weighted by molar-refractivity contribution is 8.01. The number of nitrogens with one attached hydrogen (secondary N) is 2. The van der Waals surface area contributed by atoms with Crippen molar-refractivity contribution in [3.8, 4) is 5.75 Å². The molecule has 1 aromatic heterocycles. The Kier molecular flexibility index (Phi) is 16.2. The summed E-state index contributed by atoms with van der Waals surface area (Å²) in [5, 5.41) is 14.1. The molecule has 1 saturated heterocycles. The molecule has 334 valence electrons. The second kappa shape index (κ2) is 21.3. The van der Waals surface area contributed by atoms with E-state index in [1.54, 1.807) is 50.4 Å². The molecule has 18 nitrogen and oxygen atoms in total. The maximum Gasteiger partial charge on any atom is 0.349 e. The zero-order valence-electron chi connectivity index (χ0n) is 35.8. The van der Waals surface area contributed by atoms with Crippen molar-refractivity contribution < 1.29 is 62.0 Å². The zero-order chi connectivity index (χ0) is 45.1. The number of ether oxygens (including phenoxy) is 6. The minimum Gasteiger partial charge on any atom is -0.466 e. The van der Waals surface area contributed by atoms with Crippen molar-refractivity contribution in [1.82, 2.24) is 25.6 Å². The van der Waals surface area contributed by atoms with Crippen LogP contribution in [0.3, 0.4) is 0 Å². The van der Waals surface area contributed by atoms with Crippen LogP contribution in [0.25, 0.3) is 0 Å². The summed E-state index contributed by atoms with van der Waals surface area (Å²) in [6.45, 7) is 7.11. The van der Waals surface area contributed by atoms with Crippen molar-refractivity contribution in [1.29, 1.82) is 0 Å². The number of hydrogen-bond acceptors (Lipinski definition) is 16. The quantitative estimate of drug-likeness (QED) is 0.118. The molecule has 2 heterocycles. The number of aryl methyl sites for hydroxylation is 2. The first-order chi connectivity index (χ1) is 29.5. The number of hydrogen-bond donors (Lipinski definition) is 2. The van der Waals surface area contributed by atoms with Gasteiger partial charge >= 0.3 is 29.8 Å². The van der Waals surface area contributed by atoms with E-state index in [-0.39, 0.29) is 24.4 Å². The second-order valence-corrected chi connectivity index (χ2v) is 16.7. The van der Waals surface area contributed by atoms with E-state index in [4.69, 9.17) is 28.4 Å². The number of nitrogens with zero attached hydrogens (tertiary/aromatic N) is 3. The number of rotatable bonds is 16. The first kappa shape index (κ1) is 47.2. The van der Waals surface area contributed by atoms with Gasteiger partial charge in [0.2, 0.25) is 10.8 Å². The minimum absolute atomic E-state index is 0.166. The number of esters is 5. The van der Waals surface area contributed by atoms with Crippen LogP contribution in [0.5, 0.6) is 5.75 Å². The van der Waals surface area contributed by atoms with Crippen LogP contribution in [-0.2, 0) is 59.0 Å². The monoisotopic (exact) mass is 879 g/mol. The van der Waals surface area contributed by atoms with Crippen molar-refractivity contribution in [3.63, 3.8) is 0 Å². The van der Waals surface area contributed by atoms with Crippen LogP contribution >= 0.6 is 11.8 Å². The summed E-state index contributed by atoms with van der Waals surface area (Å²) < 4.78 is 36.1. The summed E-state index contributed by atoms with van der Waals surface area (Å²) in [4.78, 5) is 90.5. The fraction of sp³-hybridized carbons (Fsp3) is 0.512. The molecule has 2 aliphatic rings. The van der Waals surface area contributed by atoms with Crippen molar-refractivity contribution in [2.24, 2.45) is 0 Å². The van der Waals surface area contributed by atoms with Crippen LogP contribution in [0.1, 0.15) is 99.3 Å². The molecule has 6 atom stereocenters. The van der Waals surface area contributed by atoms with E-state index >= 15 is 0 Å². The third-order valence-corrected chi connectivity index (χ3v) is 11.6. The average Bonchev–Trinajstić information content (AvgIpc) is 3.68. The number of methoxy groups -OCH3 is 1. The highest BCUT2D eigenvalue weighted by Crippen LogP contribution is 2.46. The van der Waals surface area contributed by atoms with E-state index in [1.165, 1.54) is 23.7 Å². The number of aromatic nitrogens is 3. The Balaban J connectivity index is 1.56. The van der Waals surface area contributed by atoms with Gasteiger partial charge in [-0.3, -0.25) is 28.8 Å². The van der Waals surface area contributed by atoms with Gasteiger partial charge in [0.1, 0.15) is 24.5 Å². The lowest BCUT2D eigenvalue weighted by Crippen LogP contribution is -2.68. The van der Waals surface area contributed by atoms with Crippen LogP contribution in [0.4, 0.5) is 0 Å². The lowest BCUT2D eigenvalue weighted by atomic mass is 9.87. The van der Waals surface area contributed by atoms with Crippen LogP contribution in [0, 0.1) is 13.8 Å². The number of thioether (sulfide) groups is 1. The molecule has 2 fully saturated rings. The van der Waals surface area contributed by atoms with Gasteiger partial charge in [0, 0.05) is 56.7 Å². The molecule has 3 aromatic rings. The Labute approximate surface area is 363 Å². The molecule has 1 saturated carbocycles. The molecule has 2 aromatic carbocycles. The Hall–Kier alpha value is -5.82. The fourth-order valence-corrected chi connectivity index (χ4v) is 9.06. The van der Waals surface area contributed by atoms with Gasteiger partial charge in [0.05, 0.1) is 25.4 Å². The summed E-state index contributed by atoms with van der Waals surface area (Å²) in [6, 6.07) is 10.3. The Morgan fingerprint density at radius 3 is 2.16 bits per heavy atom. The number of amides is 2. The number of carbonyl (C=O) groups excluding carboxylic acids is 7. The topological polar surface area (TPSA) is 230 Å². The smallest absolute Gasteiger partial charge is 0.349 e. The molecule has 19 heteroatoms. The Morgan fingerprint density at radius 2 is 1.56 bits per heavy atom. The fourth-order valence-electron chi connectivity index (χ4n) is 7.81. The maximum absolute atomic E-state index is 14.0. The Bertz CT molecular complexity index is 2100. The highest BCUT2D eigenvalue weighted by atomic mass is 32.2. The normalized spacial score (nSPS) is 21.0. The predicted molar refractivity (Wildman–Crippen MR) is 221 cm³/mol. The third kappa shape index (κ3) is 12.4. The van der Waals surface area contributed by atoms with Crippen molar-refractivity contribution in [3.05, 3.63) is 71.0 Å². The standard InChI is InChI=1S/C43H53N5O13S/c1-24-18-31(19-25(2)38(24)59-28(5)51)41(54)44-21-35(58-27(4)50)39(60-29(6)52)40-37(45-36(53)23-48-22-33(46-47-48)30-14-10-8-11-15-30)34(57-26(3)49)20-43(61-40,42(55)56-7)62-32-16-12-9-13-17-32/h9,12-13,16-19,22,30,34-35,37,39-40H,8,10-11,14-15,20-21,23H2,1-7H3,(H,44,54)(H,45,53)/t34?,35-,37-,39-,40?,43+/m1/s1. The predicted octanol–water partition coefficient (Wildman–Crippen LogP) is 4.03. The van der Waals surface area contributed by atoms with E-state index in [9.17, 15) is 33.6 Å². The molecule has 0 spiro atoms. The summed E-state index contributed by atoms with van der Waals surface area (Å²) in [7, 11) is 1.14. The van der Waals surface area contributed by atoms with Gasteiger partial charge in [0.25, 0.3) is 5.91 Å². The minimum atomic E-state index is -2.01. The van der Waals surface area contributed by atoms with E-state index < -0.39 is 83.6 Å². The largest absolute Gasteiger partial charge is 0.466 e. The first-order valence-corrected chi connectivity index (χ1v) is 21.1. The van der Waals surface area contributed by atoms with E-state index in [2.05, 4.69) is 20.9 Å². The SMILES string of the molecule is COC(=O)[C@@]1(Sc2ccccc2)CC(OC(C)=O)[C@@H](NC(=O)Cn2cc(C3CCCCC3)nn2)C([C@H](OC(C)=O)[C@@H](CNC(=O)c2cc(C)c(OC(C)=O)c(C)c2)OC(C)=O)O1. The summed E-state index contributed by atoms with van der Waals surface area (Å²) in [5.41, 5.74) is 1.93. The molecule has 2 unspecified atom stereocenters. The zero-order valence-corrected chi connectivity index (χ0v) is 36.6. The molecule has 5 rings (SSSR count). The Morgan fingerprint density at radius 1 is 0.903 bits per heavy atom. The van der Waals surface area contributed by atoms with Crippen molar-refractivity contribution >= 4 is 53.4 Å². The first-order valence-electron chi connectivity index (χ1n) is 20.3. The summed E-state index contributed by atoms with van der Waals surface area (Å²) in [5.74, 6) is -4.70. The molecular weight excluding hydrogens is 827 g/mol. The number of benzene rings is 2. The van der Waals surface area contributed by atoms with Gasteiger partial charge in [0.15, 0.2) is 12.2 Å². The average molecular weight is 880 g/mol. The summed E-state index contributed by atoms with van der Waals surface area (Å²) in [6.07, 6.45) is 0.371. The molecular formula is C43H53N5O13S. The molecule has 2 N–H and O–H groups in total. The molecule has 1 aliphatic carbocycles. The molecule has 1 aliphatic heterocycles. The van der Waals surface area contributed by atoms with Crippen LogP contribution in [0.2, 0.25) is 0 Å². The van der Waals surface area contributed by atoms with E-state index in [0.29, 0.717) is 21.8 Å². The van der Waals surface area contributed by atoms with Gasteiger partial charge in [-0.25, -0.2) is 9.48 Å². The van der Waals surface area contributed by atoms with Crippen LogP contribution in [-0.4, -0.2) is 106 Å². The third-order valence-electron chi connectivity index (χ3n) is 10.3.